The van der Waals surface area contributed by atoms with Gasteiger partial charge in [0.25, 0.3) is 0 Å². The molecule has 1 rings (SSSR count). The van der Waals surface area contributed by atoms with E-state index in [2.05, 4.69) is 15.6 Å². The molecule has 18 heavy (non-hydrogen) atoms. The van der Waals surface area contributed by atoms with E-state index in [1.165, 1.54) is 7.11 Å². The van der Waals surface area contributed by atoms with Crippen LogP contribution in [0.1, 0.15) is 13.8 Å². The first kappa shape index (κ1) is 14.1. The molecule has 1 heterocycles. The molecule has 4 N–H and O–H groups in total. The molecule has 0 aliphatic heterocycles. The average molecular weight is 252 g/mol. The van der Waals surface area contributed by atoms with Gasteiger partial charge in [-0.2, -0.15) is 4.98 Å². The standard InChI is InChI=1S/C12H20N4O2/c1-12(2,11(17)14-3)7-15-10-8(13)5-6-9(16-10)18-4/h5-6H,7,13H2,1-4H3,(H,14,17)(H,15,16). The largest absolute Gasteiger partial charge is 0.481 e. The Balaban J connectivity index is 2.77. The van der Waals surface area contributed by atoms with Gasteiger partial charge >= 0.3 is 0 Å². The van der Waals surface area contributed by atoms with Crippen molar-refractivity contribution in [3.05, 3.63) is 12.1 Å². The summed E-state index contributed by atoms with van der Waals surface area (Å²) >= 11 is 0. The maximum absolute atomic E-state index is 11.6. The Hall–Kier alpha value is -1.98. The fraction of sp³-hybridized carbons (Fsp3) is 0.500. The molecule has 6 nitrogen and oxygen atoms in total. The van der Waals surface area contributed by atoms with Gasteiger partial charge < -0.3 is 21.1 Å². The van der Waals surface area contributed by atoms with Crippen LogP contribution in [-0.4, -0.2) is 31.6 Å². The smallest absolute Gasteiger partial charge is 0.227 e. The van der Waals surface area contributed by atoms with Crippen LogP contribution in [0, 0.1) is 5.41 Å². The van der Waals surface area contributed by atoms with Gasteiger partial charge in [-0.25, -0.2) is 0 Å². The normalized spacial score (nSPS) is 10.9. The number of nitrogens with two attached hydrogens (primary N) is 1. The van der Waals surface area contributed by atoms with E-state index >= 15 is 0 Å². The molecule has 1 aromatic rings. The molecule has 100 valence electrons. The topological polar surface area (TPSA) is 89.3 Å². The third-order valence-corrected chi connectivity index (χ3v) is 2.65. The lowest BCUT2D eigenvalue weighted by Crippen LogP contribution is -2.39. The summed E-state index contributed by atoms with van der Waals surface area (Å²) in [5.41, 5.74) is 5.77. The van der Waals surface area contributed by atoms with Gasteiger partial charge in [-0.1, -0.05) is 0 Å². The molecule has 0 bridgehead atoms. The zero-order valence-corrected chi connectivity index (χ0v) is 11.2. The minimum Gasteiger partial charge on any atom is -0.481 e. The highest BCUT2D eigenvalue weighted by atomic mass is 16.5. The van der Waals surface area contributed by atoms with E-state index < -0.39 is 5.41 Å². The maximum atomic E-state index is 11.6. The highest BCUT2D eigenvalue weighted by molar-refractivity contribution is 5.82. The molecular formula is C12H20N4O2. The summed E-state index contributed by atoms with van der Waals surface area (Å²) in [6, 6.07) is 3.39. The van der Waals surface area contributed by atoms with Crippen molar-refractivity contribution >= 4 is 17.4 Å². The Kier molecular flexibility index (Phi) is 4.36. The lowest BCUT2D eigenvalue weighted by molar-refractivity contribution is -0.128. The van der Waals surface area contributed by atoms with Crippen molar-refractivity contribution in [2.75, 3.05) is 31.8 Å². The van der Waals surface area contributed by atoms with Crippen LogP contribution in [0.5, 0.6) is 5.88 Å². The zero-order valence-electron chi connectivity index (χ0n) is 11.2. The van der Waals surface area contributed by atoms with Gasteiger partial charge in [0.15, 0.2) is 5.82 Å². The van der Waals surface area contributed by atoms with E-state index in [4.69, 9.17) is 10.5 Å². The first-order valence-corrected chi connectivity index (χ1v) is 5.67. The fourth-order valence-electron chi connectivity index (χ4n) is 1.43. The Morgan fingerprint density at radius 3 is 2.72 bits per heavy atom. The van der Waals surface area contributed by atoms with E-state index in [1.807, 2.05) is 13.8 Å². The maximum Gasteiger partial charge on any atom is 0.227 e. The lowest BCUT2D eigenvalue weighted by Gasteiger charge is -2.23. The highest BCUT2D eigenvalue weighted by Crippen LogP contribution is 2.22. The number of rotatable bonds is 5. The first-order chi connectivity index (χ1) is 8.40. The number of nitrogens with one attached hydrogen (secondary N) is 2. The van der Waals surface area contributed by atoms with Gasteiger partial charge in [-0.05, 0) is 19.9 Å². The second kappa shape index (κ2) is 5.57. The Morgan fingerprint density at radius 2 is 2.17 bits per heavy atom. The van der Waals surface area contributed by atoms with Crippen LogP contribution in [0.15, 0.2) is 12.1 Å². The molecule has 6 heteroatoms. The summed E-state index contributed by atoms with van der Waals surface area (Å²) in [5.74, 6) is 0.951. The highest BCUT2D eigenvalue weighted by Gasteiger charge is 2.26. The summed E-state index contributed by atoms with van der Waals surface area (Å²) in [6.07, 6.45) is 0. The lowest BCUT2D eigenvalue weighted by atomic mass is 9.92. The van der Waals surface area contributed by atoms with Gasteiger partial charge in [0.1, 0.15) is 0 Å². The second-order valence-electron chi connectivity index (χ2n) is 4.61. The molecule has 0 aromatic carbocycles. The number of carbonyl (C=O) groups excluding carboxylic acids is 1. The van der Waals surface area contributed by atoms with Crippen LogP contribution in [0.2, 0.25) is 0 Å². The number of nitrogen functional groups attached to an aromatic ring is 1. The molecule has 0 spiro atoms. The number of pyridine rings is 1. The van der Waals surface area contributed by atoms with Crippen LogP contribution in [0.4, 0.5) is 11.5 Å². The van der Waals surface area contributed by atoms with Crippen molar-refractivity contribution < 1.29 is 9.53 Å². The van der Waals surface area contributed by atoms with Crippen LogP contribution in [0.25, 0.3) is 0 Å². The van der Waals surface area contributed by atoms with Crippen molar-refractivity contribution in [1.82, 2.24) is 10.3 Å². The second-order valence-corrected chi connectivity index (χ2v) is 4.61. The number of aromatic nitrogens is 1. The summed E-state index contributed by atoms with van der Waals surface area (Å²) in [6.45, 7) is 4.11. The SMILES string of the molecule is CNC(=O)C(C)(C)CNc1nc(OC)ccc1N. The third-order valence-electron chi connectivity index (χ3n) is 2.65. The zero-order chi connectivity index (χ0) is 13.8. The first-order valence-electron chi connectivity index (χ1n) is 5.67. The van der Waals surface area contributed by atoms with E-state index in [0.717, 1.165) is 0 Å². The molecule has 0 atom stereocenters. The number of carbonyl (C=O) groups is 1. The number of methoxy groups -OCH3 is 1. The van der Waals surface area contributed by atoms with Crippen molar-refractivity contribution in [2.45, 2.75) is 13.8 Å². The number of amides is 1. The van der Waals surface area contributed by atoms with Crippen LogP contribution in [-0.2, 0) is 4.79 Å². The minimum atomic E-state index is -0.550. The fourth-order valence-corrected chi connectivity index (χ4v) is 1.43. The van der Waals surface area contributed by atoms with Gasteiger partial charge in [0.2, 0.25) is 11.8 Å². The number of hydrogen-bond donors (Lipinski definition) is 3. The molecule has 0 radical (unpaired) electrons. The molecule has 1 aromatic heterocycles. The molecule has 0 saturated heterocycles. The summed E-state index contributed by atoms with van der Waals surface area (Å²) < 4.78 is 5.02. The van der Waals surface area contributed by atoms with Gasteiger partial charge in [-0.15, -0.1) is 0 Å². The monoisotopic (exact) mass is 252 g/mol. The molecule has 0 aliphatic carbocycles. The van der Waals surface area contributed by atoms with E-state index in [0.29, 0.717) is 23.9 Å². The van der Waals surface area contributed by atoms with Crippen molar-refractivity contribution in [3.63, 3.8) is 0 Å². The number of nitrogens with zero attached hydrogens (tertiary/aromatic N) is 1. The van der Waals surface area contributed by atoms with Crippen LogP contribution < -0.4 is 21.1 Å². The van der Waals surface area contributed by atoms with Crippen LogP contribution in [0.3, 0.4) is 0 Å². The summed E-state index contributed by atoms with van der Waals surface area (Å²) in [5, 5.41) is 5.69. The third kappa shape index (κ3) is 3.26. The molecule has 0 fully saturated rings. The van der Waals surface area contributed by atoms with Crippen molar-refractivity contribution in [2.24, 2.45) is 5.41 Å². The van der Waals surface area contributed by atoms with Gasteiger partial charge in [0, 0.05) is 19.7 Å². The summed E-state index contributed by atoms with van der Waals surface area (Å²) in [4.78, 5) is 15.8. The number of anilines is 2. The van der Waals surface area contributed by atoms with Crippen LogP contribution >= 0.6 is 0 Å². The Labute approximate surface area is 107 Å². The average Bonchev–Trinajstić information content (AvgIpc) is 2.36. The Morgan fingerprint density at radius 1 is 1.50 bits per heavy atom. The van der Waals surface area contributed by atoms with Gasteiger partial charge in [-0.3, -0.25) is 4.79 Å². The van der Waals surface area contributed by atoms with E-state index in [1.54, 1.807) is 19.2 Å². The number of ether oxygens (including phenoxy) is 1. The molecule has 0 saturated carbocycles. The van der Waals surface area contributed by atoms with Crippen molar-refractivity contribution in [1.29, 1.82) is 0 Å². The Bertz CT molecular complexity index is 432. The predicted octanol–water partition coefficient (Wildman–Crippen LogP) is 0.856. The minimum absolute atomic E-state index is 0.0449. The predicted molar refractivity (Wildman–Crippen MR) is 71.5 cm³/mol. The molecule has 1 amide bonds. The van der Waals surface area contributed by atoms with Gasteiger partial charge in [0.05, 0.1) is 18.2 Å². The van der Waals surface area contributed by atoms with E-state index in [-0.39, 0.29) is 5.91 Å². The quantitative estimate of drug-likeness (QED) is 0.723. The van der Waals surface area contributed by atoms with E-state index in [9.17, 15) is 4.79 Å². The molecule has 0 unspecified atom stereocenters. The summed E-state index contributed by atoms with van der Waals surface area (Å²) in [7, 11) is 3.15. The molecular weight excluding hydrogens is 232 g/mol. The molecule has 0 aliphatic rings. The van der Waals surface area contributed by atoms with Crippen molar-refractivity contribution in [3.8, 4) is 5.88 Å². The number of hydrogen-bond acceptors (Lipinski definition) is 5.